The Morgan fingerprint density at radius 1 is 1.06 bits per heavy atom. The summed E-state index contributed by atoms with van der Waals surface area (Å²) < 4.78 is 16.5. The van der Waals surface area contributed by atoms with Crippen LogP contribution in [0.15, 0.2) is 57.7 Å². The van der Waals surface area contributed by atoms with Gasteiger partial charge in [-0.3, -0.25) is 4.79 Å². The molecule has 7 heteroatoms. The highest BCUT2D eigenvalue weighted by molar-refractivity contribution is 5.82. The fourth-order valence-corrected chi connectivity index (χ4v) is 4.10. The normalized spacial score (nSPS) is 13.9. The molecule has 1 amide bonds. The van der Waals surface area contributed by atoms with Crippen molar-refractivity contribution in [1.29, 1.82) is 0 Å². The van der Waals surface area contributed by atoms with Crippen LogP contribution >= 0.6 is 0 Å². The molecule has 1 saturated heterocycles. The molecule has 3 aromatic rings. The Kier molecular flexibility index (Phi) is 6.63. The highest BCUT2D eigenvalue weighted by Crippen LogP contribution is 2.28. The van der Waals surface area contributed by atoms with Gasteiger partial charge in [0.2, 0.25) is 0 Å². The van der Waals surface area contributed by atoms with Crippen LogP contribution in [0.5, 0.6) is 11.5 Å². The zero-order valence-electron chi connectivity index (χ0n) is 18.5. The van der Waals surface area contributed by atoms with E-state index in [0.29, 0.717) is 24.4 Å². The molecule has 7 nitrogen and oxygen atoms in total. The van der Waals surface area contributed by atoms with Crippen LogP contribution in [0.2, 0.25) is 0 Å². The number of hydrogen-bond acceptors (Lipinski definition) is 6. The molecule has 1 aliphatic rings. The van der Waals surface area contributed by atoms with Crippen molar-refractivity contribution < 1.29 is 18.7 Å². The van der Waals surface area contributed by atoms with E-state index in [9.17, 15) is 9.59 Å². The summed E-state index contributed by atoms with van der Waals surface area (Å²) in [5.41, 5.74) is 2.12. The van der Waals surface area contributed by atoms with E-state index in [0.717, 1.165) is 48.3 Å². The molecule has 0 N–H and O–H groups in total. The molecule has 1 aromatic heterocycles. The fraction of sp³-hybridized carbons (Fsp3) is 0.360. The number of rotatable bonds is 7. The number of benzene rings is 2. The number of hydrogen-bond donors (Lipinski definition) is 0. The first-order valence-electron chi connectivity index (χ1n) is 10.9. The number of methoxy groups -OCH3 is 1. The van der Waals surface area contributed by atoms with E-state index in [1.54, 1.807) is 19.2 Å². The smallest absolute Gasteiger partial charge is 0.336 e. The summed E-state index contributed by atoms with van der Waals surface area (Å²) >= 11 is 0. The van der Waals surface area contributed by atoms with Gasteiger partial charge in [-0.25, -0.2) is 4.79 Å². The number of piperazine rings is 1. The van der Waals surface area contributed by atoms with Crippen LogP contribution in [0.3, 0.4) is 0 Å². The average Bonchev–Trinajstić information content (AvgIpc) is 2.82. The van der Waals surface area contributed by atoms with Gasteiger partial charge < -0.3 is 23.7 Å². The van der Waals surface area contributed by atoms with Crippen LogP contribution < -0.4 is 20.0 Å². The lowest BCUT2D eigenvalue weighted by Crippen LogP contribution is -2.50. The van der Waals surface area contributed by atoms with Crippen LogP contribution in [0.1, 0.15) is 18.9 Å². The number of para-hydroxylation sites is 2. The van der Waals surface area contributed by atoms with Gasteiger partial charge in [-0.2, -0.15) is 0 Å². The standard InChI is InChI=1S/C25H28N2O5/c1-3-6-18-15-25(29)32-23-16-19(9-10-20(18)23)31-17-24(28)27-13-11-26(12-14-27)21-7-4-5-8-22(21)30-2/h4-5,7-10,15-16H,3,6,11-14,17H2,1-2H3. The van der Waals surface area contributed by atoms with E-state index in [-0.39, 0.29) is 18.1 Å². The minimum absolute atomic E-state index is 0.0565. The number of amides is 1. The summed E-state index contributed by atoms with van der Waals surface area (Å²) in [6, 6.07) is 14.8. The van der Waals surface area contributed by atoms with Crippen molar-refractivity contribution in [3.05, 3.63) is 64.5 Å². The number of aryl methyl sites for hydroxylation is 1. The Labute approximate surface area is 187 Å². The predicted molar refractivity (Wildman–Crippen MR) is 124 cm³/mol. The van der Waals surface area contributed by atoms with Gasteiger partial charge in [-0.05, 0) is 36.2 Å². The third-order valence-electron chi connectivity index (χ3n) is 5.74. The van der Waals surface area contributed by atoms with Crippen molar-refractivity contribution in [2.24, 2.45) is 0 Å². The Bertz CT molecular complexity index is 1150. The summed E-state index contributed by atoms with van der Waals surface area (Å²) in [7, 11) is 1.67. The van der Waals surface area contributed by atoms with Crippen molar-refractivity contribution in [3.8, 4) is 11.5 Å². The molecular weight excluding hydrogens is 408 g/mol. The SMILES string of the molecule is CCCc1cc(=O)oc2cc(OCC(=O)N3CCN(c4ccccc4OC)CC3)ccc12. The first kappa shape index (κ1) is 21.7. The van der Waals surface area contributed by atoms with Crippen molar-refractivity contribution >= 4 is 22.6 Å². The van der Waals surface area contributed by atoms with E-state index < -0.39 is 0 Å². The molecule has 0 spiro atoms. The van der Waals surface area contributed by atoms with Crippen molar-refractivity contribution in [3.63, 3.8) is 0 Å². The minimum atomic E-state index is -0.373. The number of nitrogens with zero attached hydrogens (tertiary/aromatic N) is 2. The predicted octanol–water partition coefficient (Wildman–Crippen LogP) is 3.48. The van der Waals surface area contributed by atoms with Gasteiger partial charge in [0, 0.05) is 43.7 Å². The summed E-state index contributed by atoms with van der Waals surface area (Å²) in [4.78, 5) is 28.6. The monoisotopic (exact) mass is 436 g/mol. The van der Waals surface area contributed by atoms with Crippen molar-refractivity contribution in [2.45, 2.75) is 19.8 Å². The Morgan fingerprint density at radius 2 is 1.84 bits per heavy atom. The largest absolute Gasteiger partial charge is 0.495 e. The van der Waals surface area contributed by atoms with Crippen LogP contribution in [-0.4, -0.2) is 50.7 Å². The van der Waals surface area contributed by atoms with Crippen LogP contribution in [0.4, 0.5) is 5.69 Å². The zero-order chi connectivity index (χ0) is 22.5. The van der Waals surface area contributed by atoms with Gasteiger partial charge >= 0.3 is 5.63 Å². The van der Waals surface area contributed by atoms with Gasteiger partial charge in [0.1, 0.15) is 17.1 Å². The topological polar surface area (TPSA) is 72.2 Å². The molecule has 0 unspecified atom stereocenters. The first-order valence-corrected chi connectivity index (χ1v) is 10.9. The molecule has 0 radical (unpaired) electrons. The average molecular weight is 437 g/mol. The van der Waals surface area contributed by atoms with Gasteiger partial charge in [0.05, 0.1) is 12.8 Å². The van der Waals surface area contributed by atoms with E-state index in [4.69, 9.17) is 13.9 Å². The summed E-state index contributed by atoms with van der Waals surface area (Å²) in [6.45, 7) is 4.71. The lowest BCUT2D eigenvalue weighted by molar-refractivity contribution is -0.133. The first-order chi connectivity index (χ1) is 15.6. The minimum Gasteiger partial charge on any atom is -0.495 e. The van der Waals surface area contributed by atoms with Crippen molar-refractivity contribution in [2.75, 3.05) is 44.8 Å². The maximum Gasteiger partial charge on any atom is 0.336 e. The van der Waals surface area contributed by atoms with Crippen molar-refractivity contribution in [1.82, 2.24) is 4.90 Å². The number of carbonyl (C=O) groups is 1. The van der Waals surface area contributed by atoms with E-state index in [1.165, 1.54) is 0 Å². The van der Waals surface area contributed by atoms with Gasteiger partial charge in [0.15, 0.2) is 6.61 Å². The molecule has 1 aliphatic heterocycles. The molecule has 168 valence electrons. The maximum atomic E-state index is 12.7. The summed E-state index contributed by atoms with van der Waals surface area (Å²) in [6.07, 6.45) is 1.75. The molecule has 0 atom stereocenters. The summed E-state index contributed by atoms with van der Waals surface area (Å²) in [5, 5.41) is 0.901. The third-order valence-corrected chi connectivity index (χ3v) is 5.74. The van der Waals surface area contributed by atoms with E-state index >= 15 is 0 Å². The van der Waals surface area contributed by atoms with Gasteiger partial charge in [-0.15, -0.1) is 0 Å². The second-order valence-electron chi connectivity index (χ2n) is 7.83. The highest BCUT2D eigenvalue weighted by atomic mass is 16.5. The molecule has 0 saturated carbocycles. The molecule has 4 rings (SSSR count). The summed E-state index contributed by atoms with van der Waals surface area (Å²) in [5.74, 6) is 1.28. The third kappa shape index (κ3) is 4.72. The molecule has 2 aromatic carbocycles. The Balaban J connectivity index is 1.36. The lowest BCUT2D eigenvalue weighted by Gasteiger charge is -2.36. The van der Waals surface area contributed by atoms with Gasteiger partial charge in [0.25, 0.3) is 5.91 Å². The molecule has 0 bridgehead atoms. The lowest BCUT2D eigenvalue weighted by atomic mass is 10.1. The zero-order valence-corrected chi connectivity index (χ0v) is 18.5. The molecule has 32 heavy (non-hydrogen) atoms. The number of ether oxygens (including phenoxy) is 2. The van der Waals surface area contributed by atoms with Gasteiger partial charge in [-0.1, -0.05) is 25.5 Å². The van der Waals surface area contributed by atoms with Crippen LogP contribution in [-0.2, 0) is 11.2 Å². The second kappa shape index (κ2) is 9.77. The quantitative estimate of drug-likeness (QED) is 0.528. The van der Waals surface area contributed by atoms with Crippen LogP contribution in [0, 0.1) is 0 Å². The van der Waals surface area contributed by atoms with E-state index in [1.807, 2.05) is 41.3 Å². The molecule has 2 heterocycles. The maximum absolute atomic E-state index is 12.7. The highest BCUT2D eigenvalue weighted by Gasteiger charge is 2.23. The Hall–Kier alpha value is -3.48. The Morgan fingerprint density at radius 3 is 2.59 bits per heavy atom. The second-order valence-corrected chi connectivity index (χ2v) is 7.83. The number of anilines is 1. The fourth-order valence-electron chi connectivity index (χ4n) is 4.10. The van der Waals surface area contributed by atoms with E-state index in [2.05, 4.69) is 11.8 Å². The van der Waals surface area contributed by atoms with Crippen LogP contribution in [0.25, 0.3) is 11.0 Å². The molecular formula is C25H28N2O5. The molecule has 0 aliphatic carbocycles. The number of carbonyl (C=O) groups excluding carboxylic acids is 1. The number of fused-ring (bicyclic) bond motifs is 1. The molecule has 1 fully saturated rings.